The lowest BCUT2D eigenvalue weighted by atomic mass is 9.78. The van der Waals surface area contributed by atoms with Crippen LogP contribution in [-0.4, -0.2) is 63.6 Å². The van der Waals surface area contributed by atoms with E-state index in [-0.39, 0.29) is 36.4 Å². The van der Waals surface area contributed by atoms with Gasteiger partial charge in [0.1, 0.15) is 18.3 Å². The molecule has 0 aromatic carbocycles. The van der Waals surface area contributed by atoms with E-state index >= 15 is 0 Å². The van der Waals surface area contributed by atoms with Crippen molar-refractivity contribution in [3.8, 4) is 0 Å². The van der Waals surface area contributed by atoms with Crippen molar-refractivity contribution >= 4 is 0 Å². The molecule has 1 saturated carbocycles. The molecule has 0 aromatic rings. The zero-order valence-electron chi connectivity index (χ0n) is 22.1. The molecule has 0 spiro atoms. The fraction of sp³-hybridized carbons (Fsp3) is 1.00. The van der Waals surface area contributed by atoms with Gasteiger partial charge in [-0.15, -0.1) is 0 Å². The molecule has 5 heteroatoms. The Hall–Kier alpha value is -0.200. The molecule has 0 heterocycles. The Labute approximate surface area is 199 Å². The quantitative estimate of drug-likeness (QED) is 0.193. The lowest BCUT2D eigenvalue weighted by Gasteiger charge is -2.49. The molecule has 1 aliphatic carbocycles. The van der Waals surface area contributed by atoms with Gasteiger partial charge >= 0.3 is 0 Å². The monoisotopic (exact) mass is 458 g/mol. The number of rotatable bonds is 20. The van der Waals surface area contributed by atoms with Crippen LogP contribution >= 0.6 is 0 Å². The van der Waals surface area contributed by atoms with Crippen LogP contribution in [-0.2, 0) is 23.7 Å². The van der Waals surface area contributed by atoms with Crippen molar-refractivity contribution in [1.82, 2.24) is 0 Å². The highest BCUT2D eigenvalue weighted by Crippen LogP contribution is 2.36. The van der Waals surface area contributed by atoms with Crippen LogP contribution in [0.5, 0.6) is 0 Å². The molecule has 0 aliphatic heterocycles. The Balaban J connectivity index is 3.16. The summed E-state index contributed by atoms with van der Waals surface area (Å²) in [6, 6.07) is 0. The molecule has 0 bridgehead atoms. The van der Waals surface area contributed by atoms with E-state index in [1.54, 1.807) is 0 Å². The second kappa shape index (κ2) is 19.1. The van der Waals surface area contributed by atoms with E-state index in [1.807, 2.05) is 0 Å². The molecule has 0 aromatic heterocycles. The predicted octanol–water partition coefficient (Wildman–Crippen LogP) is 6.56. The van der Waals surface area contributed by atoms with Gasteiger partial charge in [-0.1, -0.05) is 73.6 Å². The highest BCUT2D eigenvalue weighted by molar-refractivity contribution is 5.01. The van der Waals surface area contributed by atoms with Gasteiger partial charge in [-0.2, -0.15) is 0 Å². The molecule has 1 fully saturated rings. The zero-order valence-corrected chi connectivity index (χ0v) is 22.1. The molecular weight excluding hydrogens is 404 g/mol. The van der Waals surface area contributed by atoms with Crippen molar-refractivity contribution in [3.05, 3.63) is 0 Å². The van der Waals surface area contributed by atoms with Gasteiger partial charge in [0, 0.05) is 39.0 Å². The number of ether oxygens (including phenoxy) is 5. The van der Waals surface area contributed by atoms with E-state index in [0.29, 0.717) is 0 Å². The van der Waals surface area contributed by atoms with Gasteiger partial charge in [0.05, 0.1) is 12.2 Å². The summed E-state index contributed by atoms with van der Waals surface area (Å²) in [5.41, 5.74) is 0. The van der Waals surface area contributed by atoms with Crippen LogP contribution in [0.2, 0.25) is 0 Å². The zero-order chi connectivity index (χ0) is 23.6. The smallest absolute Gasteiger partial charge is 0.115 e. The largest absolute Gasteiger partial charge is 0.375 e. The summed E-state index contributed by atoms with van der Waals surface area (Å²) in [5, 5.41) is 0. The molecule has 0 N–H and O–H groups in total. The fourth-order valence-electron chi connectivity index (χ4n) is 4.23. The molecule has 192 valence electrons. The topological polar surface area (TPSA) is 46.2 Å². The number of hydrogen-bond donors (Lipinski definition) is 0. The van der Waals surface area contributed by atoms with Crippen LogP contribution in [0, 0.1) is 5.92 Å². The normalized spacial score (nSPS) is 28.3. The summed E-state index contributed by atoms with van der Waals surface area (Å²) < 4.78 is 32.5. The van der Waals surface area contributed by atoms with E-state index in [2.05, 4.69) is 41.5 Å². The Morgan fingerprint density at radius 2 is 0.594 bits per heavy atom. The Kier molecular flexibility index (Phi) is 17.8. The third kappa shape index (κ3) is 10.4. The van der Waals surface area contributed by atoms with Gasteiger partial charge in [0.2, 0.25) is 0 Å². The van der Waals surface area contributed by atoms with Gasteiger partial charge in [0.15, 0.2) is 0 Å². The van der Waals surface area contributed by atoms with E-state index < -0.39 is 0 Å². The second-order valence-corrected chi connectivity index (χ2v) is 9.30. The van der Waals surface area contributed by atoms with Crippen LogP contribution < -0.4 is 0 Å². The molecule has 32 heavy (non-hydrogen) atoms. The van der Waals surface area contributed by atoms with Crippen LogP contribution in [0.3, 0.4) is 0 Å². The van der Waals surface area contributed by atoms with Crippen LogP contribution in [0.4, 0.5) is 0 Å². The minimum atomic E-state index is -0.162. The van der Waals surface area contributed by atoms with Crippen molar-refractivity contribution in [2.45, 2.75) is 136 Å². The van der Waals surface area contributed by atoms with Crippen molar-refractivity contribution in [2.75, 3.05) is 33.0 Å². The number of unbranched alkanes of at least 4 members (excludes halogenated alkanes) is 5. The van der Waals surface area contributed by atoms with Gasteiger partial charge in [0.25, 0.3) is 0 Å². The van der Waals surface area contributed by atoms with E-state index in [4.69, 9.17) is 23.7 Å². The lowest BCUT2D eigenvalue weighted by Crippen LogP contribution is -2.64. The number of hydrogen-bond acceptors (Lipinski definition) is 5. The molecule has 5 nitrogen and oxygen atoms in total. The maximum absolute atomic E-state index is 6.52. The Morgan fingerprint density at radius 1 is 0.375 bits per heavy atom. The first-order valence-electron chi connectivity index (χ1n) is 13.7. The molecular formula is C27H54O5. The molecule has 1 aliphatic rings. The third-order valence-corrected chi connectivity index (χ3v) is 6.37. The molecule has 0 amide bonds. The van der Waals surface area contributed by atoms with Crippen molar-refractivity contribution in [3.63, 3.8) is 0 Å². The van der Waals surface area contributed by atoms with E-state index in [9.17, 15) is 0 Å². The minimum absolute atomic E-state index is 0.0392. The van der Waals surface area contributed by atoms with Crippen LogP contribution in [0.25, 0.3) is 0 Å². The average Bonchev–Trinajstić information content (AvgIpc) is 2.79. The van der Waals surface area contributed by atoms with E-state index in [1.165, 1.54) is 0 Å². The molecule has 0 unspecified atom stereocenters. The third-order valence-electron chi connectivity index (χ3n) is 6.37. The summed E-state index contributed by atoms with van der Waals surface area (Å²) >= 11 is 0. The first-order chi connectivity index (χ1) is 15.7. The highest BCUT2D eigenvalue weighted by Gasteiger charge is 2.52. The van der Waals surface area contributed by atoms with Crippen molar-refractivity contribution in [1.29, 1.82) is 0 Å². The standard InChI is InChI=1S/C27H54O5/c1-7-12-17-28-23-22(6)24(29-18-13-8-2)26(31-20-15-10-4)27(32-21-16-11-5)25(23)30-19-14-9-3/h22-27H,7-21H2,1-6H3/t22-,23-,24-,25+,26-,27-/m1/s1. The Morgan fingerprint density at radius 3 is 0.844 bits per heavy atom. The average molecular weight is 459 g/mol. The SMILES string of the molecule is CCCCO[C@@H]1[C@@H](OCCCC)[C@H](OCCCC)[C@@H](C)[C@@H](OCCCC)[C@H]1OCCCC. The minimum Gasteiger partial charge on any atom is -0.375 e. The summed E-state index contributed by atoms with van der Waals surface area (Å²) in [4.78, 5) is 0. The molecule has 6 atom stereocenters. The van der Waals surface area contributed by atoms with Crippen LogP contribution in [0.15, 0.2) is 0 Å². The van der Waals surface area contributed by atoms with Gasteiger partial charge in [-0.25, -0.2) is 0 Å². The van der Waals surface area contributed by atoms with Gasteiger partial charge in [-0.3, -0.25) is 0 Å². The van der Waals surface area contributed by atoms with Gasteiger partial charge in [-0.05, 0) is 32.1 Å². The first kappa shape index (κ1) is 29.8. The van der Waals surface area contributed by atoms with Crippen LogP contribution in [0.1, 0.15) is 106 Å². The van der Waals surface area contributed by atoms with Crippen molar-refractivity contribution < 1.29 is 23.7 Å². The maximum Gasteiger partial charge on any atom is 0.115 e. The predicted molar refractivity (Wildman–Crippen MR) is 132 cm³/mol. The van der Waals surface area contributed by atoms with Gasteiger partial charge < -0.3 is 23.7 Å². The molecule has 0 radical (unpaired) electrons. The van der Waals surface area contributed by atoms with Crippen molar-refractivity contribution in [2.24, 2.45) is 5.92 Å². The second-order valence-electron chi connectivity index (χ2n) is 9.30. The maximum atomic E-state index is 6.52. The molecule has 0 saturated heterocycles. The summed E-state index contributed by atoms with van der Waals surface area (Å²) in [7, 11) is 0. The molecule has 1 rings (SSSR count). The van der Waals surface area contributed by atoms with E-state index in [0.717, 1.165) is 97.2 Å². The Bertz CT molecular complexity index is 387. The highest BCUT2D eigenvalue weighted by atomic mass is 16.6. The first-order valence-corrected chi connectivity index (χ1v) is 13.7. The summed E-state index contributed by atoms with van der Waals surface area (Å²) in [5.74, 6) is 0.188. The fourth-order valence-corrected chi connectivity index (χ4v) is 4.23. The summed E-state index contributed by atoms with van der Waals surface area (Å²) in [6.07, 6.45) is 10.4. The summed E-state index contributed by atoms with van der Waals surface area (Å²) in [6.45, 7) is 17.0. The lowest BCUT2D eigenvalue weighted by molar-refractivity contribution is -0.258.